The van der Waals surface area contributed by atoms with Crippen molar-refractivity contribution in [3.63, 3.8) is 0 Å². The molecule has 0 fully saturated rings. The Morgan fingerprint density at radius 3 is 2.94 bits per heavy atom. The highest BCUT2D eigenvalue weighted by Gasteiger charge is 2.20. The largest absolute Gasteiger partial charge is 0.481 e. The van der Waals surface area contributed by atoms with E-state index in [1.165, 1.54) is 0 Å². The average molecular weight is 312 g/mol. The molecule has 0 aliphatic carbocycles. The smallest absolute Gasteiger partial charge is 0.213 e. The number of methoxy groups -OCH3 is 1. The van der Waals surface area contributed by atoms with Gasteiger partial charge in [-0.25, -0.2) is 4.98 Å². The van der Waals surface area contributed by atoms with Crippen LogP contribution in [0.1, 0.15) is 24.4 Å². The van der Waals surface area contributed by atoms with Gasteiger partial charge in [0.05, 0.1) is 29.2 Å². The van der Waals surface area contributed by atoms with Crippen molar-refractivity contribution in [3.05, 3.63) is 40.3 Å². The fourth-order valence-electron chi connectivity index (χ4n) is 1.73. The summed E-state index contributed by atoms with van der Waals surface area (Å²) in [5.74, 6) is 0.477. The van der Waals surface area contributed by atoms with Crippen LogP contribution >= 0.6 is 15.9 Å². The van der Waals surface area contributed by atoms with Crippen molar-refractivity contribution < 1.29 is 9.84 Å². The van der Waals surface area contributed by atoms with Crippen LogP contribution in [0.2, 0.25) is 0 Å². The summed E-state index contributed by atoms with van der Waals surface area (Å²) in [6.45, 7) is 2.65. The van der Waals surface area contributed by atoms with Crippen LogP contribution in [0, 0.1) is 0 Å². The maximum absolute atomic E-state index is 10.4. The van der Waals surface area contributed by atoms with E-state index >= 15 is 0 Å². The minimum Gasteiger partial charge on any atom is -0.481 e. The number of aliphatic hydroxyl groups is 1. The Kier molecular flexibility index (Phi) is 3.98. The number of aryl methyl sites for hydroxylation is 1. The highest BCUT2D eigenvalue weighted by atomic mass is 79.9. The first kappa shape index (κ1) is 13.0. The lowest BCUT2D eigenvalue weighted by Crippen LogP contribution is -2.11. The lowest BCUT2D eigenvalue weighted by molar-refractivity contribution is 0.201. The topological polar surface area (TPSA) is 60.2 Å². The molecule has 1 N–H and O–H groups in total. The summed E-state index contributed by atoms with van der Waals surface area (Å²) in [6.07, 6.45) is 0.833. The summed E-state index contributed by atoms with van der Waals surface area (Å²) in [5, 5.41) is 14.6. The van der Waals surface area contributed by atoms with Crippen LogP contribution in [-0.4, -0.2) is 27.0 Å². The third-order valence-electron chi connectivity index (χ3n) is 2.63. The quantitative estimate of drug-likeness (QED) is 0.940. The standard InChI is InChI=1S/C12H14BrN3O2/c1-3-16-11(8(13)7-14-16)12(17)9-5-4-6-10(15-9)18-2/h4-7,12,17H,3H2,1-2H3. The molecule has 5 nitrogen and oxygen atoms in total. The maximum Gasteiger partial charge on any atom is 0.213 e. The molecule has 2 aromatic heterocycles. The van der Waals surface area contributed by atoms with Crippen molar-refractivity contribution in [1.29, 1.82) is 0 Å². The van der Waals surface area contributed by atoms with Crippen molar-refractivity contribution in [1.82, 2.24) is 14.8 Å². The van der Waals surface area contributed by atoms with Crippen LogP contribution in [-0.2, 0) is 6.54 Å². The number of pyridine rings is 1. The van der Waals surface area contributed by atoms with E-state index in [9.17, 15) is 5.11 Å². The van der Waals surface area contributed by atoms with Crippen molar-refractivity contribution in [2.45, 2.75) is 19.6 Å². The second-order valence-corrected chi connectivity index (χ2v) is 4.56. The molecular formula is C12H14BrN3O2. The fourth-order valence-corrected chi connectivity index (χ4v) is 2.25. The first-order chi connectivity index (χ1) is 8.67. The van der Waals surface area contributed by atoms with Crippen molar-refractivity contribution in [2.75, 3.05) is 7.11 Å². The predicted octanol–water partition coefficient (Wildman–Crippen LogP) is 2.15. The summed E-state index contributed by atoms with van der Waals surface area (Å²) in [6, 6.07) is 5.29. The van der Waals surface area contributed by atoms with Crippen LogP contribution in [0.25, 0.3) is 0 Å². The average Bonchev–Trinajstić information content (AvgIpc) is 2.79. The molecule has 1 unspecified atom stereocenters. The van der Waals surface area contributed by atoms with E-state index in [1.807, 2.05) is 6.92 Å². The summed E-state index contributed by atoms with van der Waals surface area (Å²) in [4.78, 5) is 4.23. The van der Waals surface area contributed by atoms with Gasteiger partial charge >= 0.3 is 0 Å². The van der Waals surface area contributed by atoms with Crippen molar-refractivity contribution in [2.24, 2.45) is 0 Å². The lowest BCUT2D eigenvalue weighted by Gasteiger charge is -2.13. The van der Waals surface area contributed by atoms with Gasteiger partial charge in [0.2, 0.25) is 5.88 Å². The Morgan fingerprint density at radius 1 is 1.50 bits per heavy atom. The van der Waals surface area contributed by atoms with Crippen LogP contribution in [0.15, 0.2) is 28.9 Å². The highest BCUT2D eigenvalue weighted by Crippen LogP contribution is 2.28. The van der Waals surface area contributed by atoms with E-state index in [1.54, 1.807) is 36.2 Å². The monoisotopic (exact) mass is 311 g/mol. The summed E-state index contributed by atoms with van der Waals surface area (Å²) in [5.41, 5.74) is 1.23. The second kappa shape index (κ2) is 5.49. The highest BCUT2D eigenvalue weighted by molar-refractivity contribution is 9.10. The molecule has 0 bridgehead atoms. The maximum atomic E-state index is 10.4. The van der Waals surface area contributed by atoms with Crippen molar-refractivity contribution in [3.8, 4) is 5.88 Å². The Balaban J connectivity index is 2.40. The van der Waals surface area contributed by atoms with E-state index in [4.69, 9.17) is 4.74 Å². The molecule has 2 aromatic rings. The predicted molar refractivity (Wildman–Crippen MR) is 70.5 cm³/mol. The van der Waals surface area contributed by atoms with Gasteiger partial charge in [-0.15, -0.1) is 0 Å². The zero-order chi connectivity index (χ0) is 13.1. The Bertz CT molecular complexity index is 542. The van der Waals surface area contributed by atoms with E-state index in [0.29, 0.717) is 23.8 Å². The molecule has 1 atom stereocenters. The van der Waals surface area contributed by atoms with Gasteiger partial charge in [-0.2, -0.15) is 5.10 Å². The van der Waals surface area contributed by atoms with Crippen LogP contribution in [0.5, 0.6) is 5.88 Å². The molecule has 0 saturated carbocycles. The SMILES string of the molecule is CCn1ncc(Br)c1C(O)c1cccc(OC)n1. The summed E-state index contributed by atoms with van der Waals surface area (Å²) >= 11 is 3.39. The lowest BCUT2D eigenvalue weighted by atomic mass is 10.1. The molecule has 0 aliphatic heterocycles. The molecule has 0 radical (unpaired) electrons. The number of hydrogen-bond acceptors (Lipinski definition) is 4. The number of nitrogens with zero attached hydrogens (tertiary/aromatic N) is 3. The van der Waals surface area contributed by atoms with Crippen LogP contribution in [0.4, 0.5) is 0 Å². The Hall–Kier alpha value is -1.40. The minimum absolute atomic E-state index is 0.477. The molecule has 18 heavy (non-hydrogen) atoms. The van der Waals surface area contributed by atoms with E-state index < -0.39 is 6.10 Å². The van der Waals surface area contributed by atoms with Gasteiger partial charge in [-0.1, -0.05) is 6.07 Å². The van der Waals surface area contributed by atoms with Gasteiger partial charge in [0.25, 0.3) is 0 Å². The minimum atomic E-state index is -0.836. The molecule has 2 rings (SSSR count). The molecule has 6 heteroatoms. The Labute approximate surface area is 114 Å². The number of aliphatic hydroxyl groups excluding tert-OH is 1. The van der Waals surface area contributed by atoms with Crippen LogP contribution in [0.3, 0.4) is 0 Å². The number of aromatic nitrogens is 3. The van der Waals surface area contributed by atoms with Gasteiger partial charge in [0.15, 0.2) is 0 Å². The van der Waals surface area contributed by atoms with E-state index in [0.717, 1.165) is 4.47 Å². The number of hydrogen-bond donors (Lipinski definition) is 1. The van der Waals surface area contributed by atoms with E-state index in [2.05, 4.69) is 26.0 Å². The molecule has 0 aromatic carbocycles. The molecular weight excluding hydrogens is 298 g/mol. The Morgan fingerprint density at radius 2 is 2.28 bits per heavy atom. The van der Waals surface area contributed by atoms with Gasteiger partial charge in [-0.05, 0) is 28.9 Å². The van der Waals surface area contributed by atoms with Gasteiger partial charge < -0.3 is 9.84 Å². The number of halogens is 1. The summed E-state index contributed by atoms with van der Waals surface area (Å²) in [7, 11) is 1.55. The van der Waals surface area contributed by atoms with E-state index in [-0.39, 0.29) is 0 Å². The third-order valence-corrected chi connectivity index (χ3v) is 3.24. The normalized spacial score (nSPS) is 12.4. The molecule has 96 valence electrons. The first-order valence-electron chi connectivity index (χ1n) is 5.57. The van der Waals surface area contributed by atoms with Crippen LogP contribution < -0.4 is 4.74 Å². The second-order valence-electron chi connectivity index (χ2n) is 3.70. The molecule has 0 amide bonds. The summed E-state index contributed by atoms with van der Waals surface area (Å²) < 4.78 is 7.55. The number of rotatable bonds is 4. The fraction of sp³-hybridized carbons (Fsp3) is 0.333. The zero-order valence-electron chi connectivity index (χ0n) is 10.2. The molecule has 2 heterocycles. The molecule has 0 saturated heterocycles. The van der Waals surface area contributed by atoms with Gasteiger partial charge in [0, 0.05) is 12.6 Å². The van der Waals surface area contributed by atoms with Gasteiger partial charge in [0.1, 0.15) is 6.10 Å². The molecule has 0 aliphatic rings. The van der Waals surface area contributed by atoms with Gasteiger partial charge in [-0.3, -0.25) is 4.68 Å². The molecule has 0 spiro atoms. The zero-order valence-corrected chi connectivity index (χ0v) is 11.8. The van der Waals surface area contributed by atoms with Crippen molar-refractivity contribution >= 4 is 15.9 Å². The number of ether oxygens (including phenoxy) is 1. The third kappa shape index (κ3) is 2.39. The first-order valence-corrected chi connectivity index (χ1v) is 6.36.